The molecular weight excluding hydrogens is 244 g/mol. The third-order valence-corrected chi connectivity index (χ3v) is 4.93. The summed E-state index contributed by atoms with van der Waals surface area (Å²) < 4.78 is 5.98. The molecule has 2 rings (SSSR count). The molecule has 0 amide bonds. The summed E-state index contributed by atoms with van der Waals surface area (Å²) in [4.78, 5) is 4.42. The van der Waals surface area contributed by atoms with E-state index in [1.807, 2.05) is 6.20 Å². The SMILES string of the molecule is CCNC(Cc1nccs1)C1C(C)OC(C)C1C. The molecule has 0 bridgehead atoms. The Labute approximate surface area is 114 Å². The van der Waals surface area contributed by atoms with E-state index in [1.165, 1.54) is 5.01 Å². The normalized spacial score (nSPS) is 33.8. The number of likely N-dealkylation sites (N-methyl/N-ethyl adjacent to an activating group) is 1. The lowest BCUT2D eigenvalue weighted by molar-refractivity contribution is 0.0476. The molecule has 18 heavy (non-hydrogen) atoms. The Morgan fingerprint density at radius 3 is 2.67 bits per heavy atom. The predicted octanol–water partition coefficient (Wildman–Crippen LogP) is 2.72. The van der Waals surface area contributed by atoms with Crippen LogP contribution in [0.4, 0.5) is 0 Å². The quantitative estimate of drug-likeness (QED) is 0.891. The molecule has 3 nitrogen and oxygen atoms in total. The fraction of sp³-hybridized carbons (Fsp3) is 0.786. The van der Waals surface area contributed by atoms with E-state index in [-0.39, 0.29) is 0 Å². The lowest BCUT2D eigenvalue weighted by Gasteiger charge is -2.29. The van der Waals surface area contributed by atoms with Crippen molar-refractivity contribution in [2.24, 2.45) is 11.8 Å². The van der Waals surface area contributed by atoms with Crippen LogP contribution in [-0.4, -0.2) is 29.8 Å². The zero-order chi connectivity index (χ0) is 13.1. The van der Waals surface area contributed by atoms with Crippen molar-refractivity contribution in [1.82, 2.24) is 10.3 Å². The van der Waals surface area contributed by atoms with Gasteiger partial charge in [-0.2, -0.15) is 0 Å². The van der Waals surface area contributed by atoms with Gasteiger partial charge in [0.2, 0.25) is 0 Å². The summed E-state index contributed by atoms with van der Waals surface area (Å²) in [5.41, 5.74) is 0. The number of thiazole rings is 1. The summed E-state index contributed by atoms with van der Waals surface area (Å²) >= 11 is 1.75. The molecule has 4 heteroatoms. The molecule has 0 radical (unpaired) electrons. The average Bonchev–Trinajstić information content (AvgIpc) is 2.89. The second kappa shape index (κ2) is 6.13. The van der Waals surface area contributed by atoms with Gasteiger partial charge < -0.3 is 10.1 Å². The molecule has 5 atom stereocenters. The lowest BCUT2D eigenvalue weighted by Crippen LogP contribution is -2.43. The zero-order valence-corrected chi connectivity index (χ0v) is 12.5. The van der Waals surface area contributed by atoms with Gasteiger partial charge in [0.25, 0.3) is 0 Å². The zero-order valence-electron chi connectivity index (χ0n) is 11.7. The highest BCUT2D eigenvalue weighted by molar-refractivity contribution is 7.09. The molecule has 1 saturated heterocycles. The van der Waals surface area contributed by atoms with Crippen LogP contribution in [0.15, 0.2) is 11.6 Å². The van der Waals surface area contributed by atoms with Gasteiger partial charge in [0, 0.05) is 30.0 Å². The molecule has 0 aromatic carbocycles. The highest BCUT2D eigenvalue weighted by Gasteiger charge is 2.41. The first-order valence-electron chi connectivity index (χ1n) is 6.90. The smallest absolute Gasteiger partial charge is 0.0940 e. The fourth-order valence-electron chi connectivity index (χ4n) is 3.14. The van der Waals surface area contributed by atoms with Gasteiger partial charge in [-0.05, 0) is 26.3 Å². The van der Waals surface area contributed by atoms with Gasteiger partial charge >= 0.3 is 0 Å². The largest absolute Gasteiger partial charge is 0.375 e. The topological polar surface area (TPSA) is 34.2 Å². The highest BCUT2D eigenvalue weighted by atomic mass is 32.1. The Balaban J connectivity index is 2.09. The number of nitrogens with zero attached hydrogens (tertiary/aromatic N) is 1. The number of aromatic nitrogens is 1. The van der Waals surface area contributed by atoms with Crippen LogP contribution in [0.25, 0.3) is 0 Å². The molecule has 1 aromatic rings. The maximum Gasteiger partial charge on any atom is 0.0940 e. The first-order valence-corrected chi connectivity index (χ1v) is 7.78. The van der Waals surface area contributed by atoms with E-state index in [9.17, 15) is 0 Å². The number of hydrogen-bond donors (Lipinski definition) is 1. The number of ether oxygens (including phenoxy) is 1. The molecule has 1 fully saturated rings. The third kappa shape index (κ3) is 2.92. The average molecular weight is 268 g/mol. The summed E-state index contributed by atoms with van der Waals surface area (Å²) in [6, 6.07) is 0.469. The maximum absolute atomic E-state index is 5.98. The summed E-state index contributed by atoms with van der Waals surface area (Å²) in [6.45, 7) is 9.87. The van der Waals surface area contributed by atoms with Crippen molar-refractivity contribution in [3.8, 4) is 0 Å². The molecule has 1 aromatic heterocycles. The van der Waals surface area contributed by atoms with E-state index >= 15 is 0 Å². The molecule has 102 valence electrons. The van der Waals surface area contributed by atoms with E-state index < -0.39 is 0 Å². The lowest BCUT2D eigenvalue weighted by atomic mass is 9.82. The van der Waals surface area contributed by atoms with Crippen LogP contribution in [0.1, 0.15) is 32.7 Å². The standard InChI is InChI=1S/C14H24N2OS/c1-5-15-12(8-13-16-6-7-18-13)14-9(2)10(3)17-11(14)4/h6-7,9-12,14-15H,5,8H2,1-4H3. The van der Waals surface area contributed by atoms with E-state index in [1.54, 1.807) is 11.3 Å². The van der Waals surface area contributed by atoms with Gasteiger partial charge in [-0.25, -0.2) is 4.98 Å². The number of rotatable bonds is 5. The van der Waals surface area contributed by atoms with Crippen molar-refractivity contribution < 1.29 is 4.74 Å². The Kier molecular flexibility index (Phi) is 4.76. The maximum atomic E-state index is 5.98. The molecule has 5 unspecified atom stereocenters. The second-order valence-corrected chi connectivity index (χ2v) is 6.26. The third-order valence-electron chi connectivity index (χ3n) is 4.13. The minimum Gasteiger partial charge on any atom is -0.375 e. The van der Waals surface area contributed by atoms with Gasteiger partial charge in [0.1, 0.15) is 0 Å². The van der Waals surface area contributed by atoms with Gasteiger partial charge in [0.05, 0.1) is 17.2 Å². The molecule has 0 spiro atoms. The first-order chi connectivity index (χ1) is 8.63. The minimum absolute atomic E-state index is 0.332. The van der Waals surface area contributed by atoms with Crippen LogP contribution in [0.3, 0.4) is 0 Å². The van der Waals surface area contributed by atoms with Crippen LogP contribution >= 0.6 is 11.3 Å². The van der Waals surface area contributed by atoms with Crippen LogP contribution in [0, 0.1) is 11.8 Å². The van der Waals surface area contributed by atoms with E-state index in [0.29, 0.717) is 30.1 Å². The van der Waals surface area contributed by atoms with Crippen molar-refractivity contribution in [2.45, 2.75) is 52.4 Å². The Morgan fingerprint density at radius 1 is 1.39 bits per heavy atom. The highest BCUT2D eigenvalue weighted by Crippen LogP contribution is 2.35. The Hall–Kier alpha value is -0.450. The summed E-state index contributed by atoms with van der Waals surface area (Å²) in [5.74, 6) is 1.17. The van der Waals surface area contributed by atoms with Crippen LogP contribution in [0.5, 0.6) is 0 Å². The first kappa shape index (κ1) is 14.0. The van der Waals surface area contributed by atoms with Crippen LogP contribution < -0.4 is 5.32 Å². The summed E-state index contributed by atoms with van der Waals surface area (Å²) in [5, 5.41) is 6.91. The number of hydrogen-bond acceptors (Lipinski definition) is 4. The summed E-state index contributed by atoms with van der Waals surface area (Å²) in [6.07, 6.45) is 3.60. The molecule has 1 aliphatic heterocycles. The second-order valence-electron chi connectivity index (χ2n) is 5.28. The van der Waals surface area contributed by atoms with Crippen molar-refractivity contribution in [1.29, 1.82) is 0 Å². The number of nitrogens with one attached hydrogen (secondary N) is 1. The van der Waals surface area contributed by atoms with E-state index in [0.717, 1.165) is 13.0 Å². The fourth-order valence-corrected chi connectivity index (χ4v) is 3.81. The van der Waals surface area contributed by atoms with Crippen molar-refractivity contribution >= 4 is 11.3 Å². The monoisotopic (exact) mass is 268 g/mol. The van der Waals surface area contributed by atoms with Gasteiger partial charge in [-0.1, -0.05) is 13.8 Å². The van der Waals surface area contributed by atoms with Gasteiger partial charge in [-0.15, -0.1) is 11.3 Å². The molecule has 1 N–H and O–H groups in total. The van der Waals surface area contributed by atoms with Gasteiger partial charge in [0.15, 0.2) is 0 Å². The van der Waals surface area contributed by atoms with E-state index in [2.05, 4.69) is 43.4 Å². The van der Waals surface area contributed by atoms with Crippen molar-refractivity contribution in [3.63, 3.8) is 0 Å². The molecule has 0 aliphatic carbocycles. The molecule has 1 aliphatic rings. The van der Waals surface area contributed by atoms with Crippen molar-refractivity contribution in [2.75, 3.05) is 6.54 Å². The summed E-state index contributed by atoms with van der Waals surface area (Å²) in [7, 11) is 0. The van der Waals surface area contributed by atoms with Crippen molar-refractivity contribution in [3.05, 3.63) is 16.6 Å². The Morgan fingerprint density at radius 2 is 2.17 bits per heavy atom. The van der Waals surface area contributed by atoms with Gasteiger partial charge in [-0.3, -0.25) is 0 Å². The minimum atomic E-state index is 0.332. The molecular formula is C14H24N2OS. The Bertz CT molecular complexity index is 355. The molecule has 2 heterocycles. The molecule has 0 saturated carbocycles. The van der Waals surface area contributed by atoms with Crippen LogP contribution in [-0.2, 0) is 11.2 Å². The van der Waals surface area contributed by atoms with Crippen LogP contribution in [0.2, 0.25) is 0 Å². The van der Waals surface area contributed by atoms with E-state index in [4.69, 9.17) is 4.74 Å². The predicted molar refractivity (Wildman–Crippen MR) is 75.9 cm³/mol.